The van der Waals surface area contributed by atoms with E-state index in [0.29, 0.717) is 24.2 Å². The van der Waals surface area contributed by atoms with E-state index in [1.165, 1.54) is 12.8 Å². The van der Waals surface area contributed by atoms with Crippen molar-refractivity contribution in [2.24, 2.45) is 24.8 Å². The Morgan fingerprint density at radius 1 is 1.25 bits per heavy atom. The molecule has 2 saturated carbocycles. The molecule has 4 atom stereocenters. The van der Waals surface area contributed by atoms with Crippen molar-refractivity contribution in [3.8, 4) is 0 Å². The lowest BCUT2D eigenvalue weighted by atomic mass is 9.77. The molecule has 2 heterocycles. The number of amides is 2. The van der Waals surface area contributed by atoms with Crippen LogP contribution < -0.4 is 5.32 Å². The van der Waals surface area contributed by atoms with Gasteiger partial charge < -0.3 is 15.0 Å². The van der Waals surface area contributed by atoms with Gasteiger partial charge in [0.05, 0.1) is 24.3 Å². The topological polar surface area (TPSA) is 76.5 Å². The number of likely N-dealkylation sites (tertiary alicyclic amines) is 1. The van der Waals surface area contributed by atoms with Crippen LogP contribution in [0, 0.1) is 24.7 Å². The molecule has 154 valence electrons. The smallest absolute Gasteiger partial charge is 0.227 e. The Hall–Kier alpha value is -1.89. The standard InChI is InChI=1S/C21H32N4O3/c1-13-16(9-24(3)23-13)8-21(27)25-10-17-6-19(22-14(2)26)20(7-18(17)11-25)28-12-15-4-5-15/h9,15,17-20H,4-8,10-12H2,1-3H3,(H,22,26)/t17-,18+,19-,20-/m1/s1. The van der Waals surface area contributed by atoms with E-state index < -0.39 is 0 Å². The van der Waals surface area contributed by atoms with Crippen molar-refractivity contribution in [1.29, 1.82) is 0 Å². The van der Waals surface area contributed by atoms with Gasteiger partial charge in [-0.15, -0.1) is 0 Å². The maximum Gasteiger partial charge on any atom is 0.227 e. The monoisotopic (exact) mass is 388 g/mol. The second kappa shape index (κ2) is 7.85. The Morgan fingerprint density at radius 3 is 2.57 bits per heavy atom. The van der Waals surface area contributed by atoms with Gasteiger partial charge in [-0.05, 0) is 50.4 Å². The molecule has 1 aliphatic heterocycles. The maximum atomic E-state index is 12.9. The van der Waals surface area contributed by atoms with Crippen molar-refractivity contribution >= 4 is 11.8 Å². The highest BCUT2D eigenvalue weighted by atomic mass is 16.5. The quantitative estimate of drug-likeness (QED) is 0.800. The lowest BCUT2D eigenvalue weighted by molar-refractivity contribution is -0.129. The first-order valence-electron chi connectivity index (χ1n) is 10.5. The molecule has 0 aromatic carbocycles. The Morgan fingerprint density at radius 2 is 1.96 bits per heavy atom. The van der Waals surface area contributed by atoms with E-state index in [2.05, 4.69) is 10.4 Å². The number of aromatic nitrogens is 2. The van der Waals surface area contributed by atoms with Gasteiger partial charge in [-0.1, -0.05) is 0 Å². The fourth-order valence-electron chi connectivity index (χ4n) is 4.86. The third kappa shape index (κ3) is 4.40. The first-order chi connectivity index (χ1) is 13.4. The van der Waals surface area contributed by atoms with Gasteiger partial charge in [0.2, 0.25) is 11.8 Å². The first-order valence-corrected chi connectivity index (χ1v) is 10.5. The summed E-state index contributed by atoms with van der Waals surface area (Å²) in [5.74, 6) is 1.79. The summed E-state index contributed by atoms with van der Waals surface area (Å²) < 4.78 is 7.97. The van der Waals surface area contributed by atoms with Crippen molar-refractivity contribution in [3.63, 3.8) is 0 Å². The third-order valence-electron chi connectivity index (χ3n) is 6.56. The molecule has 2 aliphatic carbocycles. The van der Waals surface area contributed by atoms with E-state index >= 15 is 0 Å². The van der Waals surface area contributed by atoms with Crippen LogP contribution in [0.1, 0.15) is 43.9 Å². The summed E-state index contributed by atoms with van der Waals surface area (Å²) in [5, 5.41) is 7.44. The van der Waals surface area contributed by atoms with Crippen molar-refractivity contribution in [2.45, 2.75) is 58.1 Å². The van der Waals surface area contributed by atoms with Crippen molar-refractivity contribution in [3.05, 3.63) is 17.5 Å². The number of carbonyl (C=O) groups excluding carboxylic acids is 2. The molecule has 0 unspecified atom stereocenters. The van der Waals surface area contributed by atoms with Gasteiger partial charge >= 0.3 is 0 Å². The Labute approximate surface area is 166 Å². The van der Waals surface area contributed by atoms with Gasteiger partial charge in [-0.2, -0.15) is 5.10 Å². The highest BCUT2D eigenvalue weighted by Gasteiger charge is 2.44. The fourth-order valence-corrected chi connectivity index (χ4v) is 4.86. The van der Waals surface area contributed by atoms with Gasteiger partial charge in [0.1, 0.15) is 0 Å². The van der Waals surface area contributed by atoms with Crippen LogP contribution in [0.25, 0.3) is 0 Å². The number of fused-ring (bicyclic) bond motifs is 1. The summed E-state index contributed by atoms with van der Waals surface area (Å²) in [6, 6.07) is 0.0631. The molecule has 1 N–H and O–H groups in total. The lowest BCUT2D eigenvalue weighted by Gasteiger charge is -2.38. The molecule has 28 heavy (non-hydrogen) atoms. The van der Waals surface area contributed by atoms with Crippen LogP contribution in [-0.2, 0) is 27.8 Å². The van der Waals surface area contributed by atoms with E-state index in [1.54, 1.807) is 11.6 Å². The summed E-state index contributed by atoms with van der Waals surface area (Å²) in [5.41, 5.74) is 1.93. The molecule has 1 saturated heterocycles. The van der Waals surface area contributed by atoms with Crippen molar-refractivity contribution in [2.75, 3.05) is 19.7 Å². The number of nitrogens with one attached hydrogen (secondary N) is 1. The second-order valence-corrected chi connectivity index (χ2v) is 9.00. The summed E-state index contributed by atoms with van der Waals surface area (Å²) in [7, 11) is 1.88. The summed E-state index contributed by atoms with van der Waals surface area (Å²) >= 11 is 0. The van der Waals surface area contributed by atoms with Gasteiger partial charge in [-0.3, -0.25) is 14.3 Å². The number of rotatable bonds is 6. The molecule has 0 bridgehead atoms. The number of aryl methyl sites for hydroxylation is 2. The van der Waals surface area contributed by atoms with Crippen molar-refractivity contribution in [1.82, 2.24) is 20.0 Å². The molecule has 7 heteroatoms. The van der Waals surface area contributed by atoms with E-state index in [9.17, 15) is 9.59 Å². The van der Waals surface area contributed by atoms with E-state index in [0.717, 1.165) is 43.8 Å². The van der Waals surface area contributed by atoms with Gasteiger partial charge in [0, 0.05) is 45.4 Å². The summed E-state index contributed by atoms with van der Waals surface area (Å²) in [6.45, 7) is 5.92. The van der Waals surface area contributed by atoms with E-state index in [4.69, 9.17) is 4.74 Å². The molecule has 3 aliphatic rings. The molecular weight excluding hydrogens is 356 g/mol. The van der Waals surface area contributed by atoms with Gasteiger partial charge in [-0.25, -0.2) is 0 Å². The molecular formula is C21H32N4O3. The zero-order valence-electron chi connectivity index (χ0n) is 17.2. The molecule has 1 aromatic rings. The average Bonchev–Trinajstić information content (AvgIpc) is 3.27. The zero-order chi connectivity index (χ0) is 19.8. The van der Waals surface area contributed by atoms with Crippen LogP contribution in [0.4, 0.5) is 0 Å². The van der Waals surface area contributed by atoms with Crippen LogP contribution in [0.5, 0.6) is 0 Å². The fraction of sp³-hybridized carbons (Fsp3) is 0.762. The Kier molecular flexibility index (Phi) is 5.45. The number of hydrogen-bond acceptors (Lipinski definition) is 4. The number of carbonyl (C=O) groups is 2. The van der Waals surface area contributed by atoms with Crippen LogP contribution in [0.15, 0.2) is 6.20 Å². The predicted molar refractivity (Wildman–Crippen MR) is 105 cm³/mol. The second-order valence-electron chi connectivity index (χ2n) is 9.00. The summed E-state index contributed by atoms with van der Waals surface area (Å²) in [6.07, 6.45) is 6.77. The van der Waals surface area contributed by atoms with E-state index in [-0.39, 0.29) is 24.0 Å². The number of hydrogen-bond donors (Lipinski definition) is 1. The molecule has 1 aromatic heterocycles. The normalized spacial score (nSPS) is 29.6. The first kappa shape index (κ1) is 19.4. The van der Waals surface area contributed by atoms with Crippen LogP contribution in [-0.4, -0.2) is 58.3 Å². The number of nitrogens with zero attached hydrogens (tertiary/aromatic N) is 3. The molecule has 0 radical (unpaired) electrons. The summed E-state index contributed by atoms with van der Waals surface area (Å²) in [4.78, 5) is 26.6. The molecule has 3 fully saturated rings. The van der Waals surface area contributed by atoms with Crippen LogP contribution in [0.2, 0.25) is 0 Å². The molecule has 4 rings (SSSR count). The zero-order valence-corrected chi connectivity index (χ0v) is 17.2. The molecule has 7 nitrogen and oxygen atoms in total. The van der Waals surface area contributed by atoms with Crippen LogP contribution >= 0.6 is 0 Å². The minimum absolute atomic E-state index is 0.00135. The molecule has 0 spiro atoms. The highest BCUT2D eigenvalue weighted by molar-refractivity contribution is 5.79. The molecule has 2 amide bonds. The van der Waals surface area contributed by atoms with Crippen LogP contribution in [0.3, 0.4) is 0 Å². The average molecular weight is 389 g/mol. The van der Waals surface area contributed by atoms with E-state index in [1.807, 2.05) is 25.1 Å². The SMILES string of the molecule is CC(=O)N[C@@H]1C[C@@H]2CN(C(=O)Cc3cn(C)nc3C)C[C@@H]2C[C@H]1OCC1CC1. The third-order valence-corrected chi connectivity index (χ3v) is 6.56. The van der Waals surface area contributed by atoms with Gasteiger partial charge in [0.25, 0.3) is 0 Å². The minimum atomic E-state index is 0.00135. The van der Waals surface area contributed by atoms with Crippen molar-refractivity contribution < 1.29 is 14.3 Å². The highest BCUT2D eigenvalue weighted by Crippen LogP contribution is 2.39. The lowest BCUT2D eigenvalue weighted by Crippen LogP contribution is -2.50. The number of ether oxygens (including phenoxy) is 1. The largest absolute Gasteiger partial charge is 0.376 e. The Balaban J connectivity index is 1.38. The Bertz CT molecular complexity index is 742. The van der Waals surface area contributed by atoms with Gasteiger partial charge in [0.15, 0.2) is 0 Å². The predicted octanol–water partition coefficient (Wildman–Crippen LogP) is 1.44. The maximum absolute atomic E-state index is 12.9. The minimum Gasteiger partial charge on any atom is -0.376 e.